The number of halogens is 1. The molecule has 0 spiro atoms. The highest BCUT2D eigenvalue weighted by Crippen LogP contribution is 2.30. The molecule has 0 radical (unpaired) electrons. The molecule has 0 saturated carbocycles. The molecule has 1 heterocycles. The summed E-state index contributed by atoms with van der Waals surface area (Å²) in [7, 11) is 1.82. The zero-order valence-electron chi connectivity index (χ0n) is 10.8. The van der Waals surface area contributed by atoms with Crippen molar-refractivity contribution in [3.05, 3.63) is 54.7 Å². The number of nitrogens with one attached hydrogen (secondary N) is 1. The van der Waals surface area contributed by atoms with E-state index in [-0.39, 0.29) is 5.69 Å². The topological polar surface area (TPSA) is 64.4 Å². The third-order valence-electron chi connectivity index (χ3n) is 2.59. The molecule has 7 heteroatoms. The predicted molar refractivity (Wildman–Crippen MR) is 82.2 cm³/mol. The Hall–Kier alpha value is -1.44. The third kappa shape index (κ3) is 3.78. The Kier molecular flexibility index (Phi) is 5.11. The lowest BCUT2D eigenvalue weighted by atomic mass is 10.2. The summed E-state index contributed by atoms with van der Waals surface area (Å²) in [4.78, 5) is 11.6. The van der Waals surface area contributed by atoms with Crippen molar-refractivity contribution in [1.82, 2.24) is 5.32 Å². The Morgan fingerprint density at radius 2 is 2.25 bits per heavy atom. The van der Waals surface area contributed by atoms with Crippen LogP contribution in [-0.4, -0.2) is 12.0 Å². The Morgan fingerprint density at radius 1 is 1.45 bits per heavy atom. The van der Waals surface area contributed by atoms with Gasteiger partial charge in [-0.25, -0.2) is 0 Å². The summed E-state index contributed by atoms with van der Waals surface area (Å²) < 4.78 is 6.59. The lowest BCUT2D eigenvalue weighted by Crippen LogP contribution is -2.06. The maximum absolute atomic E-state index is 11.0. The maximum atomic E-state index is 11.0. The fraction of sp³-hybridized carbons (Fsp3) is 0.231. The van der Waals surface area contributed by atoms with E-state index in [1.54, 1.807) is 23.5 Å². The molecule has 0 atom stereocenters. The zero-order chi connectivity index (χ0) is 14.5. The number of ether oxygens (including phenoxy) is 1. The summed E-state index contributed by atoms with van der Waals surface area (Å²) in [6.07, 6.45) is 0. The Morgan fingerprint density at radius 3 is 2.85 bits per heavy atom. The second-order valence-electron chi connectivity index (χ2n) is 4.11. The molecule has 5 nitrogen and oxygen atoms in total. The minimum absolute atomic E-state index is 0.0134. The largest absolute Gasteiger partial charge is 0.481 e. The van der Waals surface area contributed by atoms with E-state index in [1.807, 2.05) is 18.5 Å². The highest BCUT2D eigenvalue weighted by Gasteiger charge is 2.16. The fourth-order valence-electron chi connectivity index (χ4n) is 1.72. The molecule has 106 valence electrons. The predicted octanol–water partition coefficient (Wildman–Crippen LogP) is 3.72. The molecule has 0 saturated heterocycles. The minimum atomic E-state index is -0.428. The van der Waals surface area contributed by atoms with E-state index in [0.717, 1.165) is 14.9 Å². The van der Waals surface area contributed by atoms with Crippen LogP contribution in [0.3, 0.4) is 0 Å². The molecule has 0 bridgehead atoms. The van der Waals surface area contributed by atoms with Gasteiger partial charge >= 0.3 is 5.69 Å². The summed E-state index contributed by atoms with van der Waals surface area (Å²) >= 11 is 4.91. The first-order valence-corrected chi connectivity index (χ1v) is 7.55. The summed E-state index contributed by atoms with van der Waals surface area (Å²) in [6.45, 7) is 0.957. The highest BCUT2D eigenvalue weighted by molar-refractivity contribution is 9.10. The van der Waals surface area contributed by atoms with Gasteiger partial charge in [0.15, 0.2) is 5.75 Å². The van der Waals surface area contributed by atoms with Crippen molar-refractivity contribution in [1.29, 1.82) is 0 Å². The Labute approximate surface area is 128 Å². The van der Waals surface area contributed by atoms with Gasteiger partial charge in [0.25, 0.3) is 0 Å². The van der Waals surface area contributed by atoms with E-state index in [0.29, 0.717) is 18.9 Å². The standard InChI is InChI=1S/C13H13BrN2O3S/c1-15-6-9-2-3-12(16(17)18)13(4-9)19-7-11-5-10(14)8-20-11/h2-5,8,15H,6-7H2,1H3. The van der Waals surface area contributed by atoms with Crippen molar-refractivity contribution >= 4 is 33.0 Å². The number of benzene rings is 1. The van der Waals surface area contributed by atoms with E-state index in [9.17, 15) is 10.1 Å². The average molecular weight is 357 g/mol. The number of hydrogen-bond donors (Lipinski definition) is 1. The lowest BCUT2D eigenvalue weighted by Gasteiger charge is -2.08. The van der Waals surface area contributed by atoms with Gasteiger partial charge in [-0.05, 0) is 40.7 Å². The minimum Gasteiger partial charge on any atom is -0.481 e. The quantitative estimate of drug-likeness (QED) is 0.632. The van der Waals surface area contributed by atoms with Crippen LogP contribution in [0.2, 0.25) is 0 Å². The zero-order valence-corrected chi connectivity index (χ0v) is 13.2. The smallest absolute Gasteiger partial charge is 0.310 e. The molecule has 0 aliphatic rings. The molecule has 0 aliphatic carbocycles. The van der Waals surface area contributed by atoms with Gasteiger partial charge in [-0.15, -0.1) is 11.3 Å². The number of hydrogen-bond acceptors (Lipinski definition) is 5. The second kappa shape index (κ2) is 6.83. The van der Waals surface area contributed by atoms with Crippen LogP contribution in [-0.2, 0) is 13.2 Å². The van der Waals surface area contributed by atoms with Crippen LogP contribution in [0.5, 0.6) is 5.75 Å². The van der Waals surface area contributed by atoms with E-state index >= 15 is 0 Å². The normalized spacial score (nSPS) is 10.5. The lowest BCUT2D eigenvalue weighted by molar-refractivity contribution is -0.386. The van der Waals surface area contributed by atoms with Gasteiger partial charge in [-0.1, -0.05) is 6.07 Å². The molecule has 2 rings (SSSR count). The van der Waals surface area contributed by atoms with Gasteiger partial charge in [-0.2, -0.15) is 0 Å². The fourth-order valence-corrected chi connectivity index (χ4v) is 3.08. The molecule has 0 amide bonds. The van der Waals surface area contributed by atoms with E-state index < -0.39 is 4.92 Å². The van der Waals surface area contributed by atoms with Gasteiger partial charge in [-0.3, -0.25) is 10.1 Å². The first-order chi connectivity index (χ1) is 9.60. The van der Waals surface area contributed by atoms with Gasteiger partial charge in [0.05, 0.1) is 4.92 Å². The second-order valence-corrected chi connectivity index (χ2v) is 6.02. The number of rotatable bonds is 6. The van der Waals surface area contributed by atoms with Crippen molar-refractivity contribution < 1.29 is 9.66 Å². The van der Waals surface area contributed by atoms with E-state index in [4.69, 9.17) is 4.74 Å². The average Bonchev–Trinajstić information content (AvgIpc) is 2.82. The molecule has 0 fully saturated rings. The van der Waals surface area contributed by atoms with Gasteiger partial charge in [0.1, 0.15) is 6.61 Å². The molecular weight excluding hydrogens is 344 g/mol. The maximum Gasteiger partial charge on any atom is 0.310 e. The van der Waals surface area contributed by atoms with Crippen LogP contribution < -0.4 is 10.1 Å². The number of thiophene rings is 1. The van der Waals surface area contributed by atoms with Crippen LogP contribution in [0.15, 0.2) is 34.1 Å². The van der Waals surface area contributed by atoms with Crippen LogP contribution in [0.1, 0.15) is 10.4 Å². The van der Waals surface area contributed by atoms with Crippen LogP contribution >= 0.6 is 27.3 Å². The van der Waals surface area contributed by atoms with Crippen LogP contribution in [0, 0.1) is 10.1 Å². The molecule has 1 aromatic carbocycles. The van der Waals surface area contributed by atoms with Gasteiger partial charge in [0, 0.05) is 27.3 Å². The molecule has 1 N–H and O–H groups in total. The van der Waals surface area contributed by atoms with E-state index in [2.05, 4.69) is 21.2 Å². The van der Waals surface area contributed by atoms with Crippen molar-refractivity contribution in [2.45, 2.75) is 13.2 Å². The number of nitro benzene ring substituents is 1. The molecule has 20 heavy (non-hydrogen) atoms. The van der Waals surface area contributed by atoms with Crippen molar-refractivity contribution in [3.8, 4) is 5.75 Å². The highest BCUT2D eigenvalue weighted by atomic mass is 79.9. The third-order valence-corrected chi connectivity index (χ3v) is 4.26. The Bertz CT molecular complexity index is 615. The van der Waals surface area contributed by atoms with Crippen molar-refractivity contribution in [2.75, 3.05) is 7.05 Å². The first kappa shape index (κ1) is 15.0. The summed E-state index contributed by atoms with van der Waals surface area (Å²) in [5.41, 5.74) is 0.931. The summed E-state index contributed by atoms with van der Waals surface area (Å²) in [5.74, 6) is 0.298. The number of nitrogens with zero attached hydrogens (tertiary/aromatic N) is 1. The first-order valence-electron chi connectivity index (χ1n) is 5.88. The summed E-state index contributed by atoms with van der Waals surface area (Å²) in [5, 5.41) is 16.0. The van der Waals surface area contributed by atoms with Gasteiger partial charge in [0.2, 0.25) is 0 Å². The van der Waals surface area contributed by atoms with Crippen molar-refractivity contribution in [2.24, 2.45) is 0 Å². The van der Waals surface area contributed by atoms with Gasteiger partial charge < -0.3 is 10.1 Å². The SMILES string of the molecule is CNCc1ccc([N+](=O)[O-])c(OCc2cc(Br)cs2)c1. The number of nitro groups is 1. The molecule has 2 aromatic rings. The van der Waals surface area contributed by atoms with E-state index in [1.165, 1.54) is 6.07 Å². The van der Waals surface area contributed by atoms with Crippen molar-refractivity contribution in [3.63, 3.8) is 0 Å². The Balaban J connectivity index is 2.18. The van der Waals surface area contributed by atoms with Crippen LogP contribution in [0.4, 0.5) is 5.69 Å². The van der Waals surface area contributed by atoms with Crippen LogP contribution in [0.25, 0.3) is 0 Å². The molecular formula is C13H13BrN2O3S. The summed E-state index contributed by atoms with van der Waals surface area (Å²) in [6, 6.07) is 6.85. The molecule has 0 aliphatic heterocycles. The molecule has 1 aromatic heterocycles. The monoisotopic (exact) mass is 356 g/mol. The molecule has 0 unspecified atom stereocenters.